The second kappa shape index (κ2) is 7.49. The van der Waals surface area contributed by atoms with Gasteiger partial charge in [0, 0.05) is 12.4 Å². The largest absolute Gasteiger partial charge is 0.329 e. The minimum Gasteiger partial charge on any atom is -0.329 e. The molecule has 0 N–H and O–H groups in total. The highest BCUT2D eigenvalue weighted by Crippen LogP contribution is 2.49. The van der Waals surface area contributed by atoms with Crippen molar-refractivity contribution in [1.82, 2.24) is 8.97 Å². The Hall–Kier alpha value is -4.56. The summed E-state index contributed by atoms with van der Waals surface area (Å²) >= 11 is 0. The third-order valence-corrected chi connectivity index (χ3v) is 8.57. The fourth-order valence-corrected chi connectivity index (χ4v) is 6.80. The van der Waals surface area contributed by atoms with Gasteiger partial charge >= 0.3 is 0 Å². The lowest BCUT2D eigenvalue weighted by Crippen LogP contribution is -1.98. The minimum absolute atomic E-state index is 1.25. The number of aryl methyl sites for hydroxylation is 4. The van der Waals surface area contributed by atoms with Crippen LogP contribution in [0.3, 0.4) is 0 Å². The molecule has 2 heteroatoms. The van der Waals surface area contributed by atoms with Crippen LogP contribution >= 0.6 is 0 Å². The summed E-state index contributed by atoms with van der Waals surface area (Å²) < 4.78 is 4.85. The Kier molecular flexibility index (Phi) is 4.24. The van der Waals surface area contributed by atoms with E-state index < -0.39 is 0 Å². The third-order valence-electron chi connectivity index (χ3n) is 8.57. The molecule has 0 radical (unpaired) electrons. The Morgan fingerprint density at radius 1 is 0.447 bits per heavy atom. The summed E-state index contributed by atoms with van der Waals surface area (Å²) in [7, 11) is 2.21. The van der Waals surface area contributed by atoms with Crippen LogP contribution in [0.5, 0.6) is 0 Å². The fraction of sp³-hybridized carbons (Fsp3) is 0.111. The van der Waals surface area contributed by atoms with Gasteiger partial charge in [-0.25, -0.2) is 0 Å². The van der Waals surface area contributed by atoms with E-state index >= 15 is 0 Å². The van der Waals surface area contributed by atoms with Crippen molar-refractivity contribution in [2.24, 2.45) is 7.05 Å². The summed E-state index contributed by atoms with van der Waals surface area (Å²) in [6, 6.07) is 36.4. The van der Waals surface area contributed by atoms with Gasteiger partial charge in [-0.3, -0.25) is 4.40 Å². The smallest absolute Gasteiger partial charge is 0.121 e. The molecule has 182 valence electrons. The molecule has 2 aromatic heterocycles. The third kappa shape index (κ3) is 2.72. The molecule has 5 aromatic carbocycles. The number of benzene rings is 5. The Labute approximate surface area is 222 Å². The lowest BCUT2D eigenvalue weighted by atomic mass is 9.80. The molecule has 1 aliphatic rings. The number of imidazole rings is 1. The van der Waals surface area contributed by atoms with Crippen molar-refractivity contribution in [2.45, 2.75) is 20.8 Å². The molecule has 0 fully saturated rings. The number of hydrogen-bond donors (Lipinski definition) is 0. The topological polar surface area (TPSA) is 9.34 Å². The maximum absolute atomic E-state index is 2.46. The molecular weight excluding hydrogens is 460 g/mol. The highest BCUT2D eigenvalue weighted by atomic mass is 15.1. The van der Waals surface area contributed by atoms with Crippen LogP contribution in [0.15, 0.2) is 97.1 Å². The standard InChI is InChI=1S/C36H28N2/c1-21-13-15-28-26-11-6-5-9-24(26)25-10-7-8-12-27(25)31-20-35-34(19-32(31)30(28)18-21)37(4)36-23(3)29-17-22(2)14-16-33(29)38(35)36/h5-20H,1-4H3. The maximum Gasteiger partial charge on any atom is 0.121 e. The maximum atomic E-state index is 2.46. The van der Waals surface area contributed by atoms with Crippen LogP contribution in [0.4, 0.5) is 0 Å². The van der Waals surface area contributed by atoms with Gasteiger partial charge in [-0.05, 0) is 95.1 Å². The van der Waals surface area contributed by atoms with Gasteiger partial charge in [0.2, 0.25) is 0 Å². The summed E-state index contributed by atoms with van der Waals surface area (Å²) in [5.41, 5.74) is 19.3. The number of hydrogen-bond acceptors (Lipinski definition) is 0. The van der Waals surface area contributed by atoms with Crippen molar-refractivity contribution in [3.8, 4) is 44.5 Å². The summed E-state index contributed by atoms with van der Waals surface area (Å²) in [5.74, 6) is 0. The van der Waals surface area contributed by atoms with E-state index in [-0.39, 0.29) is 0 Å². The second-order valence-corrected chi connectivity index (χ2v) is 10.9. The lowest BCUT2D eigenvalue weighted by Gasteiger charge is -2.23. The van der Waals surface area contributed by atoms with Crippen molar-refractivity contribution in [3.63, 3.8) is 0 Å². The van der Waals surface area contributed by atoms with Gasteiger partial charge in [0.15, 0.2) is 0 Å². The van der Waals surface area contributed by atoms with E-state index in [2.05, 4.69) is 134 Å². The Morgan fingerprint density at radius 2 is 0.947 bits per heavy atom. The molecule has 0 saturated carbocycles. The Bertz CT molecular complexity index is 2120. The van der Waals surface area contributed by atoms with E-state index in [0.717, 1.165) is 0 Å². The number of rotatable bonds is 0. The SMILES string of the molecule is Cc1ccc2c(c1)-c1cc3c(cc1-c1ccccc1-c1ccccc1-2)n1c2ccc(C)cc2c(C)c1n3C. The van der Waals surface area contributed by atoms with E-state index in [1.807, 2.05) is 0 Å². The van der Waals surface area contributed by atoms with Crippen LogP contribution in [-0.2, 0) is 7.05 Å². The number of fused-ring (bicyclic) bond motifs is 13. The van der Waals surface area contributed by atoms with Gasteiger partial charge in [-0.15, -0.1) is 0 Å². The van der Waals surface area contributed by atoms with Crippen molar-refractivity contribution in [1.29, 1.82) is 0 Å². The van der Waals surface area contributed by atoms with Crippen LogP contribution in [0.2, 0.25) is 0 Å². The molecule has 2 nitrogen and oxygen atoms in total. The highest BCUT2D eigenvalue weighted by molar-refractivity contribution is 6.08. The zero-order chi connectivity index (χ0) is 25.7. The van der Waals surface area contributed by atoms with E-state index in [1.165, 1.54) is 88.8 Å². The zero-order valence-corrected chi connectivity index (χ0v) is 22.1. The summed E-state index contributed by atoms with van der Waals surface area (Å²) in [6.07, 6.45) is 0. The molecule has 7 aromatic rings. The number of aromatic nitrogens is 2. The predicted molar refractivity (Wildman–Crippen MR) is 161 cm³/mol. The van der Waals surface area contributed by atoms with Crippen molar-refractivity contribution in [3.05, 3.63) is 114 Å². The first kappa shape index (κ1) is 21.5. The first-order valence-electron chi connectivity index (χ1n) is 13.4. The summed E-state index contributed by atoms with van der Waals surface area (Å²) in [5, 5.41) is 1.33. The molecule has 2 heterocycles. The molecule has 0 amide bonds. The molecule has 1 aliphatic carbocycles. The summed E-state index contributed by atoms with van der Waals surface area (Å²) in [4.78, 5) is 0. The van der Waals surface area contributed by atoms with Crippen LogP contribution in [0.25, 0.3) is 72.1 Å². The van der Waals surface area contributed by atoms with E-state index in [4.69, 9.17) is 0 Å². The van der Waals surface area contributed by atoms with Crippen molar-refractivity contribution >= 4 is 27.6 Å². The summed E-state index contributed by atoms with van der Waals surface area (Å²) in [6.45, 7) is 6.63. The zero-order valence-electron chi connectivity index (χ0n) is 22.1. The van der Waals surface area contributed by atoms with Gasteiger partial charge in [-0.1, -0.05) is 83.9 Å². The molecule has 0 atom stereocenters. The minimum atomic E-state index is 1.25. The van der Waals surface area contributed by atoms with Gasteiger partial charge in [-0.2, -0.15) is 0 Å². The van der Waals surface area contributed by atoms with Gasteiger partial charge in [0.25, 0.3) is 0 Å². The quantitative estimate of drug-likeness (QED) is 0.201. The molecule has 0 spiro atoms. The monoisotopic (exact) mass is 488 g/mol. The molecule has 0 aliphatic heterocycles. The van der Waals surface area contributed by atoms with Crippen LogP contribution in [-0.4, -0.2) is 8.97 Å². The van der Waals surface area contributed by atoms with Gasteiger partial charge in [0.05, 0.1) is 16.6 Å². The molecule has 0 unspecified atom stereocenters. The highest BCUT2D eigenvalue weighted by Gasteiger charge is 2.25. The molecular formula is C36H28N2. The molecule has 0 bridgehead atoms. The fourth-order valence-electron chi connectivity index (χ4n) is 6.80. The first-order chi connectivity index (χ1) is 18.5. The average molecular weight is 489 g/mol. The van der Waals surface area contributed by atoms with Crippen molar-refractivity contribution in [2.75, 3.05) is 0 Å². The second-order valence-electron chi connectivity index (χ2n) is 10.9. The normalized spacial score (nSPS) is 12.2. The lowest BCUT2D eigenvalue weighted by molar-refractivity contribution is 0.991. The van der Waals surface area contributed by atoms with E-state index in [1.54, 1.807) is 0 Å². The first-order valence-corrected chi connectivity index (χ1v) is 13.4. The van der Waals surface area contributed by atoms with E-state index in [9.17, 15) is 0 Å². The van der Waals surface area contributed by atoms with Crippen molar-refractivity contribution < 1.29 is 0 Å². The van der Waals surface area contributed by atoms with Crippen LogP contribution < -0.4 is 0 Å². The Balaban J connectivity index is 1.60. The predicted octanol–water partition coefficient (Wildman–Crippen LogP) is 9.49. The van der Waals surface area contributed by atoms with Crippen LogP contribution in [0, 0.1) is 20.8 Å². The molecule has 8 rings (SSSR count). The van der Waals surface area contributed by atoms with Gasteiger partial charge in [0.1, 0.15) is 5.65 Å². The number of nitrogens with zero attached hydrogens (tertiary/aromatic N) is 2. The molecule has 0 saturated heterocycles. The van der Waals surface area contributed by atoms with Crippen LogP contribution in [0.1, 0.15) is 16.7 Å². The van der Waals surface area contributed by atoms with Gasteiger partial charge < -0.3 is 4.57 Å². The van der Waals surface area contributed by atoms with E-state index in [0.29, 0.717) is 0 Å². The Morgan fingerprint density at radius 3 is 1.63 bits per heavy atom. The molecule has 38 heavy (non-hydrogen) atoms. The average Bonchev–Trinajstić information content (AvgIpc) is 3.38.